The van der Waals surface area contributed by atoms with Crippen molar-refractivity contribution in [2.24, 2.45) is 5.10 Å². The molecule has 2 aromatic rings. The van der Waals surface area contributed by atoms with Crippen LogP contribution in [0, 0.1) is 5.82 Å². The van der Waals surface area contributed by atoms with E-state index in [1.54, 1.807) is 23.5 Å². The summed E-state index contributed by atoms with van der Waals surface area (Å²) in [5, 5.41) is 6.01. The van der Waals surface area contributed by atoms with E-state index in [1.165, 1.54) is 12.1 Å². The zero-order valence-electron chi connectivity index (χ0n) is 10.4. The lowest BCUT2D eigenvalue weighted by molar-refractivity contribution is 0.0951. The molecule has 0 unspecified atom stereocenters. The largest absolute Gasteiger partial charge is 0.274 e. The average Bonchev–Trinajstić information content (AvgIpc) is 2.94. The van der Waals surface area contributed by atoms with Gasteiger partial charge >= 0.3 is 0 Å². The zero-order valence-corrected chi connectivity index (χ0v) is 11.2. The smallest absolute Gasteiger partial charge is 0.267 e. The molecule has 1 aromatic carbocycles. The zero-order chi connectivity index (χ0) is 13.7. The van der Waals surface area contributed by atoms with Crippen molar-refractivity contribution >= 4 is 23.0 Å². The molecule has 0 spiro atoms. The lowest BCUT2D eigenvalue weighted by atomic mass is 10.2. The quantitative estimate of drug-likeness (QED) is 0.674. The molecular formula is C14H13FN2OS. The molecule has 0 aliphatic rings. The van der Waals surface area contributed by atoms with Crippen LogP contribution in [0.2, 0.25) is 0 Å². The van der Waals surface area contributed by atoms with Gasteiger partial charge in [0, 0.05) is 0 Å². The minimum atomic E-state index is -0.552. The highest BCUT2D eigenvalue weighted by Crippen LogP contribution is 2.12. The molecule has 1 amide bonds. The standard InChI is InChI=1S/C14H13FN2OS/c1-2-12(13-8-5-9-19-13)16-17-14(18)10-6-3-4-7-11(10)15/h3-9H,2H2,1H3,(H,17,18)/b16-12-. The SMILES string of the molecule is CC/C(=N/NC(=O)c1ccccc1F)c1cccs1. The maximum atomic E-state index is 13.4. The molecule has 0 saturated heterocycles. The number of carbonyl (C=O) groups is 1. The van der Waals surface area contributed by atoms with Gasteiger partial charge in [0.15, 0.2) is 0 Å². The molecule has 1 heterocycles. The van der Waals surface area contributed by atoms with Crippen molar-refractivity contribution in [2.45, 2.75) is 13.3 Å². The normalized spacial score (nSPS) is 11.4. The van der Waals surface area contributed by atoms with Crippen molar-refractivity contribution < 1.29 is 9.18 Å². The first kappa shape index (κ1) is 13.4. The number of hydrazone groups is 1. The van der Waals surface area contributed by atoms with Crippen molar-refractivity contribution in [1.29, 1.82) is 0 Å². The molecule has 1 aromatic heterocycles. The van der Waals surface area contributed by atoms with Crippen molar-refractivity contribution in [2.75, 3.05) is 0 Å². The second kappa shape index (κ2) is 6.24. The number of nitrogens with one attached hydrogen (secondary N) is 1. The molecule has 0 saturated carbocycles. The summed E-state index contributed by atoms with van der Waals surface area (Å²) in [6.07, 6.45) is 0.693. The van der Waals surface area contributed by atoms with Gasteiger partial charge in [0.05, 0.1) is 16.2 Å². The van der Waals surface area contributed by atoms with E-state index in [2.05, 4.69) is 10.5 Å². The van der Waals surface area contributed by atoms with E-state index in [4.69, 9.17) is 0 Å². The predicted molar refractivity (Wildman–Crippen MR) is 75.0 cm³/mol. The summed E-state index contributed by atoms with van der Waals surface area (Å²) in [4.78, 5) is 12.8. The molecule has 0 bridgehead atoms. The summed E-state index contributed by atoms with van der Waals surface area (Å²) < 4.78 is 13.4. The van der Waals surface area contributed by atoms with Crippen molar-refractivity contribution in [3.8, 4) is 0 Å². The fourth-order valence-electron chi connectivity index (χ4n) is 1.57. The Morgan fingerprint density at radius 1 is 1.32 bits per heavy atom. The Bertz CT molecular complexity index is 593. The van der Waals surface area contributed by atoms with Gasteiger partial charge in [0.25, 0.3) is 5.91 Å². The Morgan fingerprint density at radius 3 is 2.74 bits per heavy atom. The van der Waals surface area contributed by atoms with E-state index in [0.717, 1.165) is 10.6 Å². The van der Waals surface area contributed by atoms with E-state index in [1.807, 2.05) is 24.4 Å². The van der Waals surface area contributed by atoms with E-state index in [9.17, 15) is 9.18 Å². The lowest BCUT2D eigenvalue weighted by Gasteiger charge is -2.04. The highest BCUT2D eigenvalue weighted by Gasteiger charge is 2.10. The molecule has 98 valence electrons. The molecule has 0 aliphatic carbocycles. The monoisotopic (exact) mass is 276 g/mol. The summed E-state index contributed by atoms with van der Waals surface area (Å²) in [5.41, 5.74) is 3.17. The molecule has 1 N–H and O–H groups in total. The molecule has 0 aliphatic heterocycles. The third-order valence-corrected chi connectivity index (χ3v) is 3.47. The minimum Gasteiger partial charge on any atom is -0.267 e. The molecule has 0 radical (unpaired) electrons. The fraction of sp³-hybridized carbons (Fsp3) is 0.143. The predicted octanol–water partition coefficient (Wildman–Crippen LogP) is 3.43. The maximum absolute atomic E-state index is 13.4. The Morgan fingerprint density at radius 2 is 2.11 bits per heavy atom. The molecule has 3 nitrogen and oxygen atoms in total. The average molecular weight is 276 g/mol. The number of hydrogen-bond donors (Lipinski definition) is 1. The van der Waals surface area contributed by atoms with Gasteiger partial charge < -0.3 is 0 Å². The summed E-state index contributed by atoms with van der Waals surface area (Å²) in [6.45, 7) is 1.95. The van der Waals surface area contributed by atoms with Gasteiger partial charge in [-0.05, 0) is 30.0 Å². The van der Waals surface area contributed by atoms with Crippen LogP contribution in [0.1, 0.15) is 28.6 Å². The molecule has 0 atom stereocenters. The first-order valence-electron chi connectivity index (χ1n) is 5.87. The van der Waals surface area contributed by atoms with Crippen LogP contribution in [0.15, 0.2) is 46.9 Å². The summed E-state index contributed by atoms with van der Waals surface area (Å²) in [6, 6.07) is 9.68. The Kier molecular flexibility index (Phi) is 4.41. The van der Waals surface area contributed by atoms with Gasteiger partial charge in [-0.25, -0.2) is 9.82 Å². The second-order valence-corrected chi connectivity index (χ2v) is 4.76. The number of halogens is 1. The first-order valence-corrected chi connectivity index (χ1v) is 6.75. The van der Waals surface area contributed by atoms with Gasteiger partial charge in [0.1, 0.15) is 5.82 Å². The summed E-state index contributed by atoms with van der Waals surface area (Å²) >= 11 is 1.55. The Balaban J connectivity index is 2.13. The second-order valence-electron chi connectivity index (χ2n) is 3.81. The number of amides is 1. The lowest BCUT2D eigenvalue weighted by Crippen LogP contribution is -2.20. The van der Waals surface area contributed by atoms with Crippen molar-refractivity contribution in [3.05, 3.63) is 58.0 Å². The number of benzene rings is 1. The van der Waals surface area contributed by atoms with Crippen LogP contribution < -0.4 is 5.43 Å². The first-order chi connectivity index (χ1) is 9.22. The number of thiophene rings is 1. The van der Waals surface area contributed by atoms with Crippen LogP contribution in [0.25, 0.3) is 0 Å². The molecule has 0 fully saturated rings. The van der Waals surface area contributed by atoms with Crippen LogP contribution in [-0.2, 0) is 0 Å². The van der Waals surface area contributed by atoms with Crippen LogP contribution >= 0.6 is 11.3 Å². The van der Waals surface area contributed by atoms with Gasteiger partial charge in [-0.15, -0.1) is 11.3 Å². The summed E-state index contributed by atoms with van der Waals surface area (Å²) in [5.74, 6) is -1.09. The van der Waals surface area contributed by atoms with E-state index < -0.39 is 11.7 Å². The van der Waals surface area contributed by atoms with Crippen LogP contribution in [0.4, 0.5) is 4.39 Å². The topological polar surface area (TPSA) is 41.5 Å². The van der Waals surface area contributed by atoms with Gasteiger partial charge in [-0.1, -0.05) is 25.1 Å². The number of nitrogens with zero attached hydrogens (tertiary/aromatic N) is 1. The third-order valence-electron chi connectivity index (χ3n) is 2.55. The minimum absolute atomic E-state index is 0.00659. The van der Waals surface area contributed by atoms with Crippen LogP contribution in [0.3, 0.4) is 0 Å². The van der Waals surface area contributed by atoms with E-state index >= 15 is 0 Å². The van der Waals surface area contributed by atoms with E-state index in [0.29, 0.717) is 6.42 Å². The number of carbonyl (C=O) groups excluding carboxylic acids is 1. The van der Waals surface area contributed by atoms with E-state index in [-0.39, 0.29) is 5.56 Å². The highest BCUT2D eigenvalue weighted by molar-refractivity contribution is 7.12. The third kappa shape index (κ3) is 3.26. The van der Waals surface area contributed by atoms with Crippen LogP contribution in [0.5, 0.6) is 0 Å². The number of hydrogen-bond acceptors (Lipinski definition) is 3. The van der Waals surface area contributed by atoms with Gasteiger partial charge in [0.2, 0.25) is 0 Å². The molecule has 5 heteroatoms. The van der Waals surface area contributed by atoms with Gasteiger partial charge in [-0.2, -0.15) is 5.10 Å². The molecule has 19 heavy (non-hydrogen) atoms. The molecular weight excluding hydrogens is 263 g/mol. The van der Waals surface area contributed by atoms with Crippen molar-refractivity contribution in [1.82, 2.24) is 5.43 Å². The Hall–Kier alpha value is -2.01. The van der Waals surface area contributed by atoms with Gasteiger partial charge in [-0.3, -0.25) is 4.79 Å². The fourth-order valence-corrected chi connectivity index (χ4v) is 2.36. The van der Waals surface area contributed by atoms with Crippen molar-refractivity contribution in [3.63, 3.8) is 0 Å². The summed E-state index contributed by atoms with van der Waals surface area (Å²) in [7, 11) is 0. The molecule has 2 rings (SSSR count). The van der Waals surface area contributed by atoms with Crippen LogP contribution in [-0.4, -0.2) is 11.6 Å². The maximum Gasteiger partial charge on any atom is 0.274 e. The highest BCUT2D eigenvalue weighted by atomic mass is 32.1. The number of rotatable bonds is 4. The Labute approximate surface area is 114 Å².